The lowest BCUT2D eigenvalue weighted by atomic mass is 10.2. The molecule has 1 aliphatic carbocycles. The fraction of sp³-hybridized carbons (Fsp3) is 0.750. The average molecular weight is 306 g/mol. The maximum atomic E-state index is 12.1. The van der Waals surface area contributed by atoms with Crippen molar-refractivity contribution in [2.45, 2.75) is 38.3 Å². The maximum absolute atomic E-state index is 12.1. The van der Waals surface area contributed by atoms with Gasteiger partial charge in [0.25, 0.3) is 0 Å². The van der Waals surface area contributed by atoms with Crippen LogP contribution in [0.15, 0.2) is 18.7 Å². The number of hydrogen-bond donors (Lipinski definition) is 1. The molecule has 0 aromatic carbocycles. The molecule has 1 aliphatic rings. The molecule has 1 aromatic rings. The summed E-state index contributed by atoms with van der Waals surface area (Å²) in [5.74, 6) is 0.410. The van der Waals surface area contributed by atoms with Gasteiger partial charge in [-0.3, -0.25) is 0 Å². The fourth-order valence-corrected chi connectivity index (χ4v) is 4.54. The van der Waals surface area contributed by atoms with E-state index in [0.29, 0.717) is 5.88 Å². The zero-order valence-corrected chi connectivity index (χ0v) is 12.6. The molecule has 3 unspecified atom stereocenters. The molecule has 0 saturated heterocycles. The highest BCUT2D eigenvalue weighted by molar-refractivity contribution is 7.89. The van der Waals surface area contributed by atoms with Crippen molar-refractivity contribution in [3.63, 3.8) is 0 Å². The van der Waals surface area contributed by atoms with Crippen LogP contribution >= 0.6 is 11.6 Å². The molecule has 19 heavy (non-hydrogen) atoms. The van der Waals surface area contributed by atoms with Crippen LogP contribution in [0.2, 0.25) is 0 Å². The summed E-state index contributed by atoms with van der Waals surface area (Å²) >= 11 is 5.68. The summed E-state index contributed by atoms with van der Waals surface area (Å²) in [7, 11) is -3.27. The third-order valence-corrected chi connectivity index (χ3v) is 5.68. The largest absolute Gasteiger partial charge is 0.333 e. The quantitative estimate of drug-likeness (QED) is 0.815. The van der Waals surface area contributed by atoms with Gasteiger partial charge in [-0.05, 0) is 25.2 Å². The van der Waals surface area contributed by atoms with Gasteiger partial charge in [0.05, 0.1) is 18.1 Å². The molecule has 1 fully saturated rings. The van der Waals surface area contributed by atoms with Gasteiger partial charge in [-0.25, -0.2) is 18.1 Å². The molecule has 2 rings (SSSR count). The Morgan fingerprint density at radius 2 is 2.32 bits per heavy atom. The third kappa shape index (κ3) is 3.94. The Kier molecular flexibility index (Phi) is 4.86. The molecule has 3 atom stereocenters. The van der Waals surface area contributed by atoms with Gasteiger partial charge in [0, 0.05) is 24.3 Å². The zero-order chi connectivity index (χ0) is 13.9. The molecule has 1 aromatic heterocycles. The van der Waals surface area contributed by atoms with E-state index in [4.69, 9.17) is 11.6 Å². The first kappa shape index (κ1) is 14.8. The Bertz CT molecular complexity index is 489. The SMILES string of the molecule is CC(CCl)CS(=O)(=O)NC1CCCC1n1ccnc1. The lowest BCUT2D eigenvalue weighted by Gasteiger charge is -2.22. The summed E-state index contributed by atoms with van der Waals surface area (Å²) in [5.41, 5.74) is 0. The molecule has 0 bridgehead atoms. The van der Waals surface area contributed by atoms with E-state index < -0.39 is 10.0 Å². The van der Waals surface area contributed by atoms with Crippen molar-refractivity contribution < 1.29 is 8.42 Å². The zero-order valence-electron chi connectivity index (χ0n) is 11.0. The minimum Gasteiger partial charge on any atom is -0.333 e. The number of imidazole rings is 1. The van der Waals surface area contributed by atoms with Crippen LogP contribution in [0, 0.1) is 5.92 Å². The summed E-state index contributed by atoms with van der Waals surface area (Å²) in [6.45, 7) is 1.84. The summed E-state index contributed by atoms with van der Waals surface area (Å²) < 4.78 is 29.0. The van der Waals surface area contributed by atoms with E-state index in [1.807, 2.05) is 17.7 Å². The van der Waals surface area contributed by atoms with Crippen molar-refractivity contribution in [3.8, 4) is 0 Å². The molecule has 1 N–H and O–H groups in total. The molecule has 108 valence electrons. The average Bonchev–Trinajstić information content (AvgIpc) is 2.97. The Hall–Kier alpha value is -0.590. The Morgan fingerprint density at radius 1 is 1.53 bits per heavy atom. The smallest absolute Gasteiger partial charge is 0.212 e. The molecule has 0 amide bonds. The van der Waals surface area contributed by atoms with Gasteiger partial charge >= 0.3 is 0 Å². The Balaban J connectivity index is 2.02. The molecule has 7 heteroatoms. The van der Waals surface area contributed by atoms with Crippen LogP contribution in [-0.4, -0.2) is 35.6 Å². The van der Waals surface area contributed by atoms with Gasteiger partial charge in [0.1, 0.15) is 0 Å². The second kappa shape index (κ2) is 6.24. The number of sulfonamides is 1. The van der Waals surface area contributed by atoms with Crippen molar-refractivity contribution >= 4 is 21.6 Å². The van der Waals surface area contributed by atoms with Gasteiger partial charge in [-0.2, -0.15) is 0 Å². The lowest BCUT2D eigenvalue weighted by Crippen LogP contribution is -2.40. The van der Waals surface area contributed by atoms with Crippen LogP contribution in [0.5, 0.6) is 0 Å². The molecule has 1 heterocycles. The van der Waals surface area contributed by atoms with Crippen LogP contribution in [0.25, 0.3) is 0 Å². The van der Waals surface area contributed by atoms with E-state index in [1.54, 1.807) is 12.5 Å². The molecular weight excluding hydrogens is 286 g/mol. The van der Waals surface area contributed by atoms with Crippen LogP contribution in [0.1, 0.15) is 32.2 Å². The van der Waals surface area contributed by atoms with E-state index in [0.717, 1.165) is 19.3 Å². The maximum Gasteiger partial charge on any atom is 0.212 e. The van der Waals surface area contributed by atoms with Gasteiger partial charge in [-0.15, -0.1) is 11.6 Å². The third-order valence-electron chi connectivity index (χ3n) is 3.49. The van der Waals surface area contributed by atoms with Crippen molar-refractivity contribution in [2.75, 3.05) is 11.6 Å². The Morgan fingerprint density at radius 3 is 2.95 bits per heavy atom. The second-order valence-electron chi connectivity index (χ2n) is 5.27. The standard InChI is InChI=1S/C12H20ClN3O2S/c1-10(7-13)8-19(17,18)15-11-3-2-4-12(11)16-6-5-14-9-16/h5-6,9-12,15H,2-4,7-8H2,1H3. The highest BCUT2D eigenvalue weighted by Crippen LogP contribution is 2.30. The Labute approximate surface area is 119 Å². The van der Waals surface area contributed by atoms with Crippen molar-refractivity contribution in [1.29, 1.82) is 0 Å². The van der Waals surface area contributed by atoms with Gasteiger partial charge in [0.15, 0.2) is 0 Å². The number of alkyl halides is 1. The number of rotatable bonds is 6. The topological polar surface area (TPSA) is 64.0 Å². The summed E-state index contributed by atoms with van der Waals surface area (Å²) in [6, 6.07) is 0.130. The van der Waals surface area contributed by atoms with E-state index >= 15 is 0 Å². The summed E-state index contributed by atoms with van der Waals surface area (Å²) in [5, 5.41) is 0. The molecule has 1 saturated carbocycles. The first-order valence-corrected chi connectivity index (χ1v) is 8.74. The normalized spacial score (nSPS) is 25.6. The first-order valence-electron chi connectivity index (χ1n) is 6.55. The minimum absolute atomic E-state index is 0.0349. The molecule has 0 spiro atoms. The number of aromatic nitrogens is 2. The predicted molar refractivity (Wildman–Crippen MR) is 75.7 cm³/mol. The van der Waals surface area contributed by atoms with Crippen molar-refractivity contribution in [1.82, 2.24) is 14.3 Å². The number of hydrogen-bond acceptors (Lipinski definition) is 3. The molecule has 0 aliphatic heterocycles. The van der Waals surface area contributed by atoms with Gasteiger partial charge in [-0.1, -0.05) is 6.92 Å². The van der Waals surface area contributed by atoms with Gasteiger partial charge < -0.3 is 4.57 Å². The monoisotopic (exact) mass is 305 g/mol. The van der Waals surface area contributed by atoms with Crippen LogP contribution in [-0.2, 0) is 10.0 Å². The van der Waals surface area contributed by atoms with E-state index in [2.05, 4.69) is 9.71 Å². The number of nitrogens with one attached hydrogen (secondary N) is 1. The molecular formula is C12H20ClN3O2S. The summed E-state index contributed by atoms with van der Waals surface area (Å²) in [4.78, 5) is 4.03. The summed E-state index contributed by atoms with van der Waals surface area (Å²) in [6.07, 6.45) is 8.24. The fourth-order valence-electron chi connectivity index (χ4n) is 2.60. The lowest BCUT2D eigenvalue weighted by molar-refractivity contribution is 0.430. The number of nitrogens with zero attached hydrogens (tertiary/aromatic N) is 2. The van der Waals surface area contributed by atoms with Crippen LogP contribution < -0.4 is 4.72 Å². The highest BCUT2D eigenvalue weighted by Gasteiger charge is 2.31. The molecule has 0 radical (unpaired) electrons. The van der Waals surface area contributed by atoms with E-state index in [1.165, 1.54) is 0 Å². The predicted octanol–water partition coefficient (Wildman–Crippen LogP) is 1.77. The highest BCUT2D eigenvalue weighted by atomic mass is 35.5. The van der Waals surface area contributed by atoms with E-state index in [9.17, 15) is 8.42 Å². The van der Waals surface area contributed by atoms with E-state index in [-0.39, 0.29) is 23.8 Å². The van der Waals surface area contributed by atoms with Crippen LogP contribution in [0.4, 0.5) is 0 Å². The van der Waals surface area contributed by atoms with Crippen molar-refractivity contribution in [2.24, 2.45) is 5.92 Å². The minimum atomic E-state index is -3.27. The van der Waals surface area contributed by atoms with Crippen LogP contribution in [0.3, 0.4) is 0 Å². The van der Waals surface area contributed by atoms with Crippen molar-refractivity contribution in [3.05, 3.63) is 18.7 Å². The number of halogens is 1. The second-order valence-corrected chi connectivity index (χ2v) is 7.38. The molecule has 5 nitrogen and oxygen atoms in total. The van der Waals surface area contributed by atoms with Gasteiger partial charge in [0.2, 0.25) is 10.0 Å². The first-order chi connectivity index (χ1) is 9.02.